The quantitative estimate of drug-likeness (QED) is 0.741. The van der Waals surface area contributed by atoms with Crippen LogP contribution in [-0.4, -0.2) is 72.8 Å². The number of hydrogen-bond donors (Lipinski definition) is 1. The summed E-state index contributed by atoms with van der Waals surface area (Å²) in [5.41, 5.74) is 0.778. The van der Waals surface area contributed by atoms with E-state index in [0.29, 0.717) is 19.7 Å². The minimum absolute atomic E-state index is 0.230. The van der Waals surface area contributed by atoms with Gasteiger partial charge in [0.1, 0.15) is 11.4 Å². The van der Waals surface area contributed by atoms with Gasteiger partial charge in [0, 0.05) is 26.2 Å². The van der Waals surface area contributed by atoms with E-state index in [0.717, 1.165) is 44.2 Å². The Morgan fingerprint density at radius 2 is 1.97 bits per heavy atom. The molecular weight excluding hydrogens is 368 g/mol. The Morgan fingerprint density at radius 3 is 2.69 bits per heavy atom. The summed E-state index contributed by atoms with van der Waals surface area (Å²) in [6, 6.07) is 8.39. The second kappa shape index (κ2) is 9.37. The Balaban J connectivity index is 1.32. The van der Waals surface area contributed by atoms with E-state index in [9.17, 15) is 4.79 Å². The lowest BCUT2D eigenvalue weighted by atomic mass is 10.2. The van der Waals surface area contributed by atoms with Crippen LogP contribution in [0.15, 0.2) is 29.3 Å². The molecule has 0 radical (unpaired) electrons. The average Bonchev–Trinajstić information content (AvgIpc) is 3.07. The van der Waals surface area contributed by atoms with E-state index >= 15 is 0 Å². The molecule has 0 aromatic heterocycles. The maximum Gasteiger partial charge on any atom is 0.410 e. The van der Waals surface area contributed by atoms with Gasteiger partial charge in [0.2, 0.25) is 0 Å². The molecule has 0 saturated carbocycles. The van der Waals surface area contributed by atoms with Gasteiger partial charge in [0.15, 0.2) is 5.96 Å². The number of rotatable bonds is 6. The number of nitrogens with one attached hydrogen (secondary N) is 1. The van der Waals surface area contributed by atoms with Crippen molar-refractivity contribution in [2.24, 2.45) is 4.99 Å². The molecule has 1 N–H and O–H groups in total. The highest BCUT2D eigenvalue weighted by molar-refractivity contribution is 5.82. The first-order valence-electron chi connectivity index (χ1n) is 10.5. The second-order valence-corrected chi connectivity index (χ2v) is 8.73. The molecule has 2 heterocycles. The summed E-state index contributed by atoms with van der Waals surface area (Å²) in [6.45, 7) is 12.2. The number of nitrogens with zero attached hydrogens (tertiary/aromatic N) is 3. The van der Waals surface area contributed by atoms with Crippen molar-refractivity contribution in [3.05, 3.63) is 29.8 Å². The van der Waals surface area contributed by atoms with Gasteiger partial charge in [-0.3, -0.25) is 4.99 Å². The molecular formula is C22H34N4O3. The lowest BCUT2D eigenvalue weighted by Gasteiger charge is -2.39. The number of aliphatic imine (C=N–C) groups is 1. The Hall–Kier alpha value is -2.44. The van der Waals surface area contributed by atoms with Gasteiger partial charge in [-0.2, -0.15) is 0 Å². The number of hydrogen-bond acceptors (Lipinski definition) is 6. The van der Waals surface area contributed by atoms with Crippen LogP contribution in [-0.2, 0) is 4.74 Å². The van der Waals surface area contributed by atoms with Crippen molar-refractivity contribution < 1.29 is 14.3 Å². The first-order chi connectivity index (χ1) is 13.8. The highest BCUT2D eigenvalue weighted by Gasteiger charge is 2.36. The van der Waals surface area contributed by atoms with Crippen LogP contribution < -0.4 is 10.1 Å². The number of aryl methyl sites for hydroxylation is 1. The van der Waals surface area contributed by atoms with E-state index in [2.05, 4.69) is 34.3 Å². The fourth-order valence-electron chi connectivity index (χ4n) is 3.47. The van der Waals surface area contributed by atoms with Gasteiger partial charge in [0.25, 0.3) is 0 Å². The van der Waals surface area contributed by atoms with Crippen LogP contribution in [0.4, 0.5) is 4.79 Å². The molecule has 0 bridgehead atoms. The zero-order valence-corrected chi connectivity index (χ0v) is 18.1. The lowest BCUT2D eigenvalue weighted by molar-refractivity contribution is 0.0137. The molecule has 1 aromatic carbocycles. The van der Waals surface area contributed by atoms with Crippen LogP contribution >= 0.6 is 0 Å². The number of guanidine groups is 1. The van der Waals surface area contributed by atoms with Crippen molar-refractivity contribution in [3.63, 3.8) is 0 Å². The van der Waals surface area contributed by atoms with Gasteiger partial charge >= 0.3 is 6.09 Å². The van der Waals surface area contributed by atoms with Gasteiger partial charge in [-0.1, -0.05) is 17.7 Å². The predicted octanol–water partition coefficient (Wildman–Crippen LogP) is 3.03. The molecule has 160 valence electrons. The summed E-state index contributed by atoms with van der Waals surface area (Å²) in [7, 11) is 0. The molecule has 0 aliphatic carbocycles. The molecule has 1 amide bonds. The minimum atomic E-state index is -0.462. The molecule has 1 fully saturated rings. The molecule has 1 atom stereocenters. The number of carbonyl (C=O) groups is 1. The summed E-state index contributed by atoms with van der Waals surface area (Å²) in [6.07, 6.45) is 1.78. The van der Waals surface area contributed by atoms with Crippen LogP contribution in [0.2, 0.25) is 0 Å². The van der Waals surface area contributed by atoms with Gasteiger partial charge < -0.3 is 24.6 Å². The monoisotopic (exact) mass is 402 g/mol. The third-order valence-corrected chi connectivity index (χ3v) is 5.00. The molecule has 1 aromatic rings. The average molecular weight is 403 g/mol. The summed E-state index contributed by atoms with van der Waals surface area (Å²) >= 11 is 0. The highest BCUT2D eigenvalue weighted by atomic mass is 16.6. The third kappa shape index (κ3) is 6.27. The molecule has 1 unspecified atom stereocenters. The summed E-state index contributed by atoms with van der Waals surface area (Å²) in [5.74, 6) is 1.88. The van der Waals surface area contributed by atoms with Gasteiger partial charge in [-0.15, -0.1) is 0 Å². The number of ether oxygens (including phenoxy) is 2. The highest BCUT2D eigenvalue weighted by Crippen LogP contribution is 2.18. The Kier molecular flexibility index (Phi) is 6.87. The van der Waals surface area contributed by atoms with Crippen molar-refractivity contribution in [2.45, 2.75) is 52.2 Å². The number of unbranched alkanes of at least 4 members (excludes halogenated alkanes) is 1. The normalized spacial score (nSPS) is 18.9. The zero-order valence-electron chi connectivity index (χ0n) is 18.1. The number of piperazine rings is 1. The van der Waals surface area contributed by atoms with Crippen molar-refractivity contribution in [2.75, 3.05) is 39.3 Å². The first kappa shape index (κ1) is 21.3. The van der Waals surface area contributed by atoms with Crippen LogP contribution in [0.25, 0.3) is 0 Å². The van der Waals surface area contributed by atoms with Crippen LogP contribution in [0.1, 0.15) is 39.2 Å². The summed E-state index contributed by atoms with van der Waals surface area (Å²) in [4.78, 5) is 21.0. The molecule has 29 heavy (non-hydrogen) atoms. The van der Waals surface area contributed by atoms with Crippen molar-refractivity contribution in [1.29, 1.82) is 0 Å². The van der Waals surface area contributed by atoms with E-state index < -0.39 is 5.60 Å². The number of carbonyl (C=O) groups excluding carboxylic acids is 1. The summed E-state index contributed by atoms with van der Waals surface area (Å²) in [5, 5.41) is 3.45. The number of amides is 1. The van der Waals surface area contributed by atoms with E-state index in [4.69, 9.17) is 9.47 Å². The smallest absolute Gasteiger partial charge is 0.410 e. The van der Waals surface area contributed by atoms with Gasteiger partial charge in [0.05, 0.1) is 19.2 Å². The fourth-order valence-corrected chi connectivity index (χ4v) is 3.47. The van der Waals surface area contributed by atoms with E-state index in [1.165, 1.54) is 5.56 Å². The van der Waals surface area contributed by atoms with E-state index in [-0.39, 0.29) is 12.1 Å². The van der Waals surface area contributed by atoms with Gasteiger partial charge in [-0.05, 0) is 52.7 Å². The minimum Gasteiger partial charge on any atom is -0.494 e. The maximum atomic E-state index is 12.3. The second-order valence-electron chi connectivity index (χ2n) is 8.73. The molecule has 0 spiro atoms. The molecule has 2 aliphatic rings. The standard InChI is InChI=1S/C22H34N4O3/c1-17-7-9-19(10-8-17)28-14-6-5-11-23-20-24-15-18-16-25(12-13-26(18)20)21(27)29-22(2,3)4/h7-10,18H,5-6,11-16H2,1-4H3,(H,23,24). The Bertz CT molecular complexity index is 712. The molecule has 1 saturated heterocycles. The topological polar surface area (TPSA) is 66.4 Å². The third-order valence-electron chi connectivity index (χ3n) is 5.00. The van der Waals surface area contributed by atoms with Crippen LogP contribution in [0.5, 0.6) is 5.75 Å². The SMILES string of the molecule is Cc1ccc(OCCCCNC2=NCC3CN(C(=O)OC(C)(C)C)CCN23)cc1. The van der Waals surface area contributed by atoms with Crippen molar-refractivity contribution >= 4 is 12.1 Å². The fraction of sp³-hybridized carbons (Fsp3) is 0.636. The predicted molar refractivity (Wildman–Crippen MR) is 115 cm³/mol. The zero-order chi connectivity index (χ0) is 20.9. The maximum absolute atomic E-state index is 12.3. The van der Waals surface area contributed by atoms with E-state index in [1.54, 1.807) is 4.90 Å². The lowest BCUT2D eigenvalue weighted by Crippen LogP contribution is -2.57. The summed E-state index contributed by atoms with van der Waals surface area (Å²) < 4.78 is 11.3. The van der Waals surface area contributed by atoms with Crippen LogP contribution in [0, 0.1) is 6.92 Å². The molecule has 3 rings (SSSR count). The first-order valence-corrected chi connectivity index (χ1v) is 10.5. The Labute approximate surface area is 174 Å². The molecule has 7 nitrogen and oxygen atoms in total. The number of benzene rings is 1. The molecule has 7 heteroatoms. The van der Waals surface area contributed by atoms with Crippen molar-refractivity contribution in [3.8, 4) is 5.75 Å². The van der Waals surface area contributed by atoms with Crippen molar-refractivity contribution in [1.82, 2.24) is 15.1 Å². The Morgan fingerprint density at radius 1 is 1.21 bits per heavy atom. The van der Waals surface area contributed by atoms with E-state index in [1.807, 2.05) is 32.9 Å². The molecule has 2 aliphatic heterocycles. The van der Waals surface area contributed by atoms with Gasteiger partial charge in [-0.25, -0.2) is 4.79 Å². The largest absolute Gasteiger partial charge is 0.494 e. The number of fused-ring (bicyclic) bond motifs is 1. The van der Waals surface area contributed by atoms with Crippen LogP contribution in [0.3, 0.4) is 0 Å².